The van der Waals surface area contributed by atoms with Crippen molar-refractivity contribution in [3.8, 4) is 0 Å². The fourth-order valence-electron chi connectivity index (χ4n) is 1.02. The maximum Gasteiger partial charge on any atom is 0.328 e. The van der Waals surface area contributed by atoms with Crippen LogP contribution in [0, 0.1) is 0 Å². The smallest absolute Gasteiger partial charge is 0.328 e. The second-order valence-electron chi connectivity index (χ2n) is 3.19. The number of hydrogen-bond donors (Lipinski definition) is 1. The van der Waals surface area contributed by atoms with Crippen LogP contribution in [-0.2, 0) is 4.79 Å². The summed E-state index contributed by atoms with van der Waals surface area (Å²) in [6, 6.07) is 5.35. The SMILES string of the molecule is CC(=CC(=O)O)CSc1ccc(Cl)c(Cl)c1. The molecule has 1 aromatic carbocycles. The lowest BCUT2D eigenvalue weighted by Gasteiger charge is -2.03. The minimum Gasteiger partial charge on any atom is -0.478 e. The van der Waals surface area contributed by atoms with Gasteiger partial charge in [-0.2, -0.15) is 0 Å². The molecule has 5 heteroatoms. The van der Waals surface area contributed by atoms with E-state index in [9.17, 15) is 4.79 Å². The Hall–Kier alpha value is -0.640. The maximum absolute atomic E-state index is 10.4. The number of carboxylic acids is 1. The molecule has 16 heavy (non-hydrogen) atoms. The molecule has 86 valence electrons. The van der Waals surface area contributed by atoms with Crippen LogP contribution < -0.4 is 0 Å². The third-order valence-electron chi connectivity index (χ3n) is 1.73. The Kier molecular flexibility index (Phi) is 5.19. The molecule has 0 heterocycles. The summed E-state index contributed by atoms with van der Waals surface area (Å²) in [6.45, 7) is 1.78. The van der Waals surface area contributed by atoms with Crippen molar-refractivity contribution < 1.29 is 9.90 Å². The predicted octanol–water partition coefficient (Wildman–Crippen LogP) is 4.12. The molecule has 2 nitrogen and oxygen atoms in total. The van der Waals surface area contributed by atoms with E-state index in [0.717, 1.165) is 10.5 Å². The van der Waals surface area contributed by atoms with Crippen LogP contribution >= 0.6 is 35.0 Å². The minimum atomic E-state index is -0.924. The number of benzene rings is 1. The van der Waals surface area contributed by atoms with Crippen LogP contribution in [0.15, 0.2) is 34.7 Å². The normalized spacial score (nSPS) is 11.6. The van der Waals surface area contributed by atoms with E-state index in [2.05, 4.69) is 0 Å². The summed E-state index contributed by atoms with van der Waals surface area (Å²) in [4.78, 5) is 11.4. The zero-order valence-corrected chi connectivity index (χ0v) is 10.9. The van der Waals surface area contributed by atoms with E-state index in [0.29, 0.717) is 15.8 Å². The van der Waals surface area contributed by atoms with Crippen LogP contribution in [0.2, 0.25) is 10.0 Å². The average Bonchev–Trinajstić information content (AvgIpc) is 2.19. The number of rotatable bonds is 4. The Bertz CT molecular complexity index is 430. The Labute approximate surface area is 108 Å². The van der Waals surface area contributed by atoms with E-state index >= 15 is 0 Å². The summed E-state index contributed by atoms with van der Waals surface area (Å²) >= 11 is 13.2. The zero-order chi connectivity index (χ0) is 12.1. The second-order valence-corrected chi connectivity index (χ2v) is 5.06. The molecule has 0 saturated heterocycles. The van der Waals surface area contributed by atoms with Crippen LogP contribution in [0.3, 0.4) is 0 Å². The fraction of sp³-hybridized carbons (Fsp3) is 0.182. The first-order valence-corrected chi connectivity index (χ1v) is 6.21. The lowest BCUT2D eigenvalue weighted by Crippen LogP contribution is -1.91. The molecule has 1 N–H and O–H groups in total. The van der Waals surface area contributed by atoms with Crippen molar-refractivity contribution in [1.82, 2.24) is 0 Å². The summed E-state index contributed by atoms with van der Waals surface area (Å²) in [5.41, 5.74) is 0.795. The first-order valence-electron chi connectivity index (χ1n) is 4.47. The van der Waals surface area contributed by atoms with Crippen LogP contribution in [0.1, 0.15) is 6.92 Å². The molecule has 0 fully saturated rings. The van der Waals surface area contributed by atoms with Gasteiger partial charge in [-0.3, -0.25) is 0 Å². The summed E-state index contributed by atoms with van der Waals surface area (Å²) < 4.78 is 0. The number of aliphatic carboxylic acids is 1. The number of thioether (sulfide) groups is 1. The van der Waals surface area contributed by atoms with Gasteiger partial charge in [-0.1, -0.05) is 28.8 Å². The van der Waals surface area contributed by atoms with E-state index < -0.39 is 5.97 Å². The largest absolute Gasteiger partial charge is 0.478 e. The standard InChI is InChI=1S/C11H10Cl2O2S/c1-7(4-11(14)15)6-16-8-2-3-9(12)10(13)5-8/h2-5H,6H2,1H3,(H,14,15). The fourth-order valence-corrected chi connectivity index (χ4v) is 2.22. The van der Waals surface area contributed by atoms with Gasteiger partial charge < -0.3 is 5.11 Å². The van der Waals surface area contributed by atoms with E-state index in [-0.39, 0.29) is 0 Å². The Morgan fingerprint density at radius 2 is 2.12 bits per heavy atom. The quantitative estimate of drug-likeness (QED) is 0.664. The van der Waals surface area contributed by atoms with Gasteiger partial charge in [-0.15, -0.1) is 11.8 Å². The molecule has 1 rings (SSSR count). The van der Waals surface area contributed by atoms with Crippen molar-refractivity contribution in [3.05, 3.63) is 39.9 Å². The van der Waals surface area contributed by atoms with Gasteiger partial charge in [0.2, 0.25) is 0 Å². The second kappa shape index (κ2) is 6.18. The van der Waals surface area contributed by atoms with Gasteiger partial charge in [0.15, 0.2) is 0 Å². The molecule has 0 radical (unpaired) electrons. The zero-order valence-electron chi connectivity index (χ0n) is 8.54. The number of hydrogen-bond acceptors (Lipinski definition) is 2. The minimum absolute atomic E-state index is 0.506. The summed E-state index contributed by atoms with van der Waals surface area (Å²) in [5, 5.41) is 9.56. The van der Waals surface area contributed by atoms with Crippen molar-refractivity contribution in [3.63, 3.8) is 0 Å². The van der Waals surface area contributed by atoms with Crippen LogP contribution in [0.4, 0.5) is 0 Å². The maximum atomic E-state index is 10.4. The van der Waals surface area contributed by atoms with Crippen LogP contribution in [0.5, 0.6) is 0 Å². The van der Waals surface area contributed by atoms with E-state index in [1.54, 1.807) is 19.1 Å². The van der Waals surface area contributed by atoms with Gasteiger partial charge in [0.25, 0.3) is 0 Å². The Balaban J connectivity index is 2.61. The summed E-state index contributed by atoms with van der Waals surface area (Å²) in [5.74, 6) is -0.309. The topological polar surface area (TPSA) is 37.3 Å². The third kappa shape index (κ3) is 4.47. The molecule has 0 aromatic heterocycles. The highest BCUT2D eigenvalue weighted by molar-refractivity contribution is 7.99. The molecule has 0 atom stereocenters. The highest BCUT2D eigenvalue weighted by Crippen LogP contribution is 2.28. The van der Waals surface area contributed by atoms with Gasteiger partial charge in [-0.25, -0.2) is 4.79 Å². The van der Waals surface area contributed by atoms with Gasteiger partial charge in [0, 0.05) is 16.7 Å². The molecule has 0 spiro atoms. The summed E-state index contributed by atoms with van der Waals surface area (Å²) in [7, 11) is 0. The lowest BCUT2D eigenvalue weighted by atomic mass is 10.3. The van der Waals surface area contributed by atoms with Crippen molar-refractivity contribution in [2.75, 3.05) is 5.75 Å². The molecule has 0 saturated carbocycles. The van der Waals surface area contributed by atoms with Gasteiger partial charge in [0.05, 0.1) is 10.0 Å². The molecular weight excluding hydrogens is 267 g/mol. The number of carboxylic acid groups (broad SMARTS) is 1. The molecule has 0 unspecified atom stereocenters. The molecular formula is C11H10Cl2O2S. The number of carbonyl (C=O) groups is 1. The van der Waals surface area contributed by atoms with Gasteiger partial charge in [-0.05, 0) is 25.1 Å². The van der Waals surface area contributed by atoms with Crippen molar-refractivity contribution in [1.29, 1.82) is 0 Å². The Morgan fingerprint density at radius 1 is 1.44 bits per heavy atom. The third-order valence-corrected chi connectivity index (χ3v) is 3.65. The molecule has 0 aliphatic heterocycles. The molecule has 1 aromatic rings. The van der Waals surface area contributed by atoms with E-state index in [1.165, 1.54) is 17.8 Å². The van der Waals surface area contributed by atoms with E-state index in [1.807, 2.05) is 6.07 Å². The molecule has 0 aliphatic rings. The average molecular weight is 277 g/mol. The van der Waals surface area contributed by atoms with Crippen molar-refractivity contribution >= 4 is 40.9 Å². The van der Waals surface area contributed by atoms with Gasteiger partial charge >= 0.3 is 5.97 Å². The van der Waals surface area contributed by atoms with Crippen molar-refractivity contribution in [2.45, 2.75) is 11.8 Å². The molecule has 0 aliphatic carbocycles. The first kappa shape index (κ1) is 13.4. The van der Waals surface area contributed by atoms with Crippen molar-refractivity contribution in [2.24, 2.45) is 0 Å². The molecule has 0 bridgehead atoms. The van der Waals surface area contributed by atoms with Gasteiger partial charge in [0.1, 0.15) is 0 Å². The summed E-state index contributed by atoms with van der Waals surface area (Å²) in [6.07, 6.45) is 1.20. The lowest BCUT2D eigenvalue weighted by molar-refractivity contribution is -0.131. The Morgan fingerprint density at radius 3 is 2.69 bits per heavy atom. The molecule has 0 amide bonds. The van der Waals surface area contributed by atoms with Crippen LogP contribution in [-0.4, -0.2) is 16.8 Å². The monoisotopic (exact) mass is 276 g/mol. The highest BCUT2D eigenvalue weighted by Gasteiger charge is 2.01. The number of halogens is 2. The predicted molar refractivity (Wildman–Crippen MR) is 68.6 cm³/mol. The highest BCUT2D eigenvalue weighted by atomic mass is 35.5. The van der Waals surface area contributed by atoms with Crippen LogP contribution in [0.25, 0.3) is 0 Å². The van der Waals surface area contributed by atoms with E-state index in [4.69, 9.17) is 28.3 Å². The first-order chi connectivity index (χ1) is 7.49.